The van der Waals surface area contributed by atoms with Crippen LogP contribution in [-0.4, -0.2) is 35.7 Å². The van der Waals surface area contributed by atoms with Gasteiger partial charge in [-0.15, -0.1) is 12.4 Å². The molecule has 0 heterocycles. The summed E-state index contributed by atoms with van der Waals surface area (Å²) in [5, 5.41) is 2.86. The molecule has 0 aliphatic carbocycles. The van der Waals surface area contributed by atoms with Crippen molar-refractivity contribution in [3.05, 3.63) is 24.3 Å². The van der Waals surface area contributed by atoms with Crippen molar-refractivity contribution in [2.45, 2.75) is 4.90 Å². The molecule has 5 nitrogen and oxygen atoms in total. The standard InChI is InChI=1S/C10H16N2O3S.ClH/c1-11-7-8-12-16(13,14)10-5-3-9(15-2)4-6-10;/h3-6,11-12H,7-8H2,1-2H3;1H. The molecule has 98 valence electrons. The van der Waals surface area contributed by atoms with Gasteiger partial charge in [0.05, 0.1) is 12.0 Å². The van der Waals surface area contributed by atoms with Gasteiger partial charge in [-0.3, -0.25) is 0 Å². The average molecular weight is 281 g/mol. The SMILES string of the molecule is CNCCNS(=O)(=O)c1ccc(OC)cc1.Cl. The summed E-state index contributed by atoms with van der Waals surface area (Å²) in [7, 11) is -0.101. The van der Waals surface area contributed by atoms with E-state index in [4.69, 9.17) is 4.74 Å². The highest BCUT2D eigenvalue weighted by molar-refractivity contribution is 7.89. The fourth-order valence-corrected chi connectivity index (χ4v) is 2.18. The molecule has 17 heavy (non-hydrogen) atoms. The number of rotatable bonds is 6. The first kappa shape index (κ1) is 16.2. The van der Waals surface area contributed by atoms with Crippen LogP contribution in [0.4, 0.5) is 0 Å². The lowest BCUT2D eigenvalue weighted by atomic mass is 10.3. The number of hydrogen-bond acceptors (Lipinski definition) is 4. The predicted molar refractivity (Wildman–Crippen MR) is 69.4 cm³/mol. The average Bonchev–Trinajstić information content (AvgIpc) is 2.29. The van der Waals surface area contributed by atoms with Crippen molar-refractivity contribution in [1.29, 1.82) is 0 Å². The summed E-state index contributed by atoms with van der Waals surface area (Å²) < 4.78 is 30.9. The van der Waals surface area contributed by atoms with Crippen molar-refractivity contribution >= 4 is 22.4 Å². The lowest BCUT2D eigenvalue weighted by Gasteiger charge is -2.07. The zero-order valence-corrected chi connectivity index (χ0v) is 11.4. The highest BCUT2D eigenvalue weighted by Crippen LogP contribution is 2.14. The Kier molecular flexibility index (Phi) is 7.13. The predicted octanol–water partition coefficient (Wildman–Crippen LogP) is 0.615. The summed E-state index contributed by atoms with van der Waals surface area (Å²) in [5.41, 5.74) is 0. The van der Waals surface area contributed by atoms with Crippen LogP contribution in [0.3, 0.4) is 0 Å². The van der Waals surface area contributed by atoms with Gasteiger partial charge in [0.25, 0.3) is 0 Å². The van der Waals surface area contributed by atoms with Gasteiger partial charge >= 0.3 is 0 Å². The zero-order chi connectivity index (χ0) is 12.0. The van der Waals surface area contributed by atoms with Crippen LogP contribution in [0.1, 0.15) is 0 Å². The Balaban J connectivity index is 0.00000256. The maximum atomic E-state index is 11.7. The van der Waals surface area contributed by atoms with Crippen molar-refractivity contribution in [3.63, 3.8) is 0 Å². The Morgan fingerprint density at radius 2 is 1.76 bits per heavy atom. The van der Waals surface area contributed by atoms with Crippen molar-refractivity contribution in [1.82, 2.24) is 10.0 Å². The number of sulfonamides is 1. The van der Waals surface area contributed by atoms with E-state index in [2.05, 4.69) is 10.0 Å². The number of ether oxygens (including phenoxy) is 1. The maximum Gasteiger partial charge on any atom is 0.240 e. The Morgan fingerprint density at radius 1 is 1.18 bits per heavy atom. The van der Waals surface area contributed by atoms with Gasteiger partial charge in [-0.25, -0.2) is 13.1 Å². The van der Waals surface area contributed by atoms with E-state index in [0.717, 1.165) is 0 Å². The minimum atomic E-state index is -3.40. The molecule has 1 aromatic carbocycles. The van der Waals surface area contributed by atoms with Crippen LogP contribution in [0.2, 0.25) is 0 Å². The second kappa shape index (κ2) is 7.50. The summed E-state index contributed by atoms with van der Waals surface area (Å²) in [6.07, 6.45) is 0. The fourth-order valence-electron chi connectivity index (χ4n) is 1.15. The van der Waals surface area contributed by atoms with Crippen LogP contribution in [-0.2, 0) is 10.0 Å². The second-order valence-corrected chi connectivity index (χ2v) is 4.94. The number of halogens is 1. The van der Waals surface area contributed by atoms with Gasteiger partial charge in [-0.05, 0) is 31.3 Å². The highest BCUT2D eigenvalue weighted by atomic mass is 35.5. The molecule has 1 rings (SSSR count). The third-order valence-corrected chi connectivity index (χ3v) is 3.51. The maximum absolute atomic E-state index is 11.7. The molecule has 0 fully saturated rings. The number of methoxy groups -OCH3 is 1. The molecule has 0 saturated carbocycles. The Labute approximate surface area is 108 Å². The fraction of sp³-hybridized carbons (Fsp3) is 0.400. The first-order valence-electron chi connectivity index (χ1n) is 4.88. The van der Waals surface area contributed by atoms with Crippen LogP contribution in [0.25, 0.3) is 0 Å². The van der Waals surface area contributed by atoms with Crippen molar-refractivity contribution < 1.29 is 13.2 Å². The largest absolute Gasteiger partial charge is 0.497 e. The van der Waals surface area contributed by atoms with Gasteiger partial charge in [-0.1, -0.05) is 0 Å². The summed E-state index contributed by atoms with van der Waals surface area (Å²) >= 11 is 0. The molecular formula is C10H17ClN2O3S. The molecule has 0 aliphatic rings. The van der Waals surface area contributed by atoms with E-state index >= 15 is 0 Å². The molecule has 0 aliphatic heterocycles. The third-order valence-electron chi connectivity index (χ3n) is 2.04. The van der Waals surface area contributed by atoms with E-state index in [9.17, 15) is 8.42 Å². The Hall–Kier alpha value is -0.820. The number of benzene rings is 1. The van der Waals surface area contributed by atoms with Gasteiger partial charge in [0.1, 0.15) is 5.75 Å². The van der Waals surface area contributed by atoms with Crippen LogP contribution in [0, 0.1) is 0 Å². The molecular weight excluding hydrogens is 264 g/mol. The summed E-state index contributed by atoms with van der Waals surface area (Å²) in [6, 6.07) is 6.26. The van der Waals surface area contributed by atoms with E-state index in [-0.39, 0.29) is 17.3 Å². The van der Waals surface area contributed by atoms with Crippen molar-refractivity contribution in [2.24, 2.45) is 0 Å². The van der Waals surface area contributed by atoms with Crippen LogP contribution < -0.4 is 14.8 Å². The van der Waals surface area contributed by atoms with E-state index in [1.54, 1.807) is 19.2 Å². The quantitative estimate of drug-likeness (QED) is 0.750. The number of likely N-dealkylation sites (N-methyl/N-ethyl adjacent to an activating group) is 1. The minimum Gasteiger partial charge on any atom is -0.497 e. The molecule has 0 spiro atoms. The van der Waals surface area contributed by atoms with Gasteiger partial charge in [-0.2, -0.15) is 0 Å². The molecule has 0 saturated heterocycles. The van der Waals surface area contributed by atoms with Gasteiger partial charge in [0, 0.05) is 13.1 Å². The summed E-state index contributed by atoms with van der Waals surface area (Å²) in [4.78, 5) is 0.240. The Bertz CT molecular complexity index is 420. The zero-order valence-electron chi connectivity index (χ0n) is 9.76. The third kappa shape index (κ3) is 4.91. The number of nitrogens with one attached hydrogen (secondary N) is 2. The van der Waals surface area contributed by atoms with E-state index in [1.807, 2.05) is 0 Å². The highest BCUT2D eigenvalue weighted by Gasteiger charge is 2.12. The van der Waals surface area contributed by atoms with Gasteiger partial charge in [0.15, 0.2) is 0 Å². The van der Waals surface area contributed by atoms with Crippen molar-refractivity contribution in [3.8, 4) is 5.75 Å². The topological polar surface area (TPSA) is 67.4 Å². The normalized spacial score (nSPS) is 10.7. The van der Waals surface area contributed by atoms with E-state index in [1.165, 1.54) is 19.2 Å². The molecule has 0 aromatic heterocycles. The van der Waals surface area contributed by atoms with E-state index < -0.39 is 10.0 Å². The molecule has 0 unspecified atom stereocenters. The smallest absolute Gasteiger partial charge is 0.240 e. The monoisotopic (exact) mass is 280 g/mol. The van der Waals surface area contributed by atoms with Gasteiger partial charge in [0.2, 0.25) is 10.0 Å². The summed E-state index contributed by atoms with van der Waals surface area (Å²) in [6.45, 7) is 0.959. The Morgan fingerprint density at radius 3 is 2.24 bits per heavy atom. The first-order chi connectivity index (χ1) is 7.60. The van der Waals surface area contributed by atoms with Crippen molar-refractivity contribution in [2.75, 3.05) is 27.2 Å². The van der Waals surface area contributed by atoms with E-state index in [0.29, 0.717) is 18.8 Å². The molecule has 7 heteroatoms. The number of hydrogen-bond donors (Lipinski definition) is 2. The summed E-state index contributed by atoms with van der Waals surface area (Å²) in [5.74, 6) is 0.633. The lowest BCUT2D eigenvalue weighted by Crippen LogP contribution is -2.30. The first-order valence-corrected chi connectivity index (χ1v) is 6.37. The molecule has 2 N–H and O–H groups in total. The van der Waals surface area contributed by atoms with Crippen LogP contribution >= 0.6 is 12.4 Å². The molecule has 0 atom stereocenters. The minimum absolute atomic E-state index is 0. The second-order valence-electron chi connectivity index (χ2n) is 3.18. The molecule has 1 aromatic rings. The van der Waals surface area contributed by atoms with Crippen LogP contribution in [0.15, 0.2) is 29.2 Å². The molecule has 0 bridgehead atoms. The molecule has 0 amide bonds. The lowest BCUT2D eigenvalue weighted by molar-refractivity contribution is 0.414. The van der Waals surface area contributed by atoms with Gasteiger partial charge < -0.3 is 10.1 Å². The molecule has 0 radical (unpaired) electrons. The van der Waals surface area contributed by atoms with Crippen LogP contribution in [0.5, 0.6) is 5.75 Å².